The maximum Gasteiger partial charge on any atom is 0.228 e. The number of allylic oxidation sites excluding steroid dienone is 2. The molecule has 0 bridgehead atoms. The first-order valence-corrected chi connectivity index (χ1v) is 10.7. The van der Waals surface area contributed by atoms with Crippen LogP contribution in [0.25, 0.3) is 10.2 Å². The Morgan fingerprint density at radius 3 is 3.00 bits per heavy atom. The van der Waals surface area contributed by atoms with Gasteiger partial charge in [-0.15, -0.1) is 11.3 Å². The highest BCUT2D eigenvalue weighted by molar-refractivity contribution is 7.16. The van der Waals surface area contributed by atoms with E-state index < -0.39 is 5.82 Å². The Morgan fingerprint density at radius 1 is 1.24 bits per heavy atom. The van der Waals surface area contributed by atoms with Crippen molar-refractivity contribution in [2.75, 3.05) is 11.9 Å². The van der Waals surface area contributed by atoms with Gasteiger partial charge in [0.05, 0.1) is 28.8 Å². The van der Waals surface area contributed by atoms with Gasteiger partial charge in [-0.1, -0.05) is 31.2 Å². The van der Waals surface area contributed by atoms with E-state index >= 15 is 0 Å². The first-order valence-electron chi connectivity index (χ1n) is 9.85. The number of carbonyl (C=O) groups is 1. The van der Waals surface area contributed by atoms with Crippen LogP contribution in [0, 0.1) is 5.82 Å². The Balaban J connectivity index is 1.52. The van der Waals surface area contributed by atoms with Gasteiger partial charge in [-0.05, 0) is 49.9 Å². The van der Waals surface area contributed by atoms with Crippen LogP contribution in [0.4, 0.5) is 10.1 Å². The summed E-state index contributed by atoms with van der Waals surface area (Å²) in [6, 6.07) is 10.5. The second kappa shape index (κ2) is 10.7. The highest BCUT2D eigenvalue weighted by Crippen LogP contribution is 2.24. The van der Waals surface area contributed by atoms with Gasteiger partial charge in [-0.25, -0.2) is 9.37 Å². The number of ether oxygens (including phenoxy) is 1. The molecule has 0 saturated carbocycles. The van der Waals surface area contributed by atoms with Gasteiger partial charge >= 0.3 is 0 Å². The summed E-state index contributed by atoms with van der Waals surface area (Å²) in [6.07, 6.45) is 8.17. The van der Waals surface area contributed by atoms with Gasteiger partial charge in [0, 0.05) is 11.3 Å². The molecule has 0 spiro atoms. The molecular weight excluding hydrogens is 387 g/mol. The lowest BCUT2D eigenvalue weighted by molar-refractivity contribution is -0.115. The topological polar surface area (TPSA) is 51.2 Å². The van der Waals surface area contributed by atoms with Gasteiger partial charge in [0.2, 0.25) is 5.91 Å². The Morgan fingerprint density at radius 2 is 2.14 bits per heavy atom. The number of aromatic nitrogens is 1. The normalized spacial score (nSPS) is 11.2. The molecule has 0 aliphatic rings. The quantitative estimate of drug-likeness (QED) is 0.322. The van der Waals surface area contributed by atoms with Crippen molar-refractivity contribution in [1.82, 2.24) is 4.98 Å². The zero-order valence-corrected chi connectivity index (χ0v) is 17.3. The maximum absolute atomic E-state index is 14.7. The molecule has 1 amide bonds. The fraction of sp³-hybridized carbons (Fsp3) is 0.304. The summed E-state index contributed by atoms with van der Waals surface area (Å²) in [4.78, 5) is 16.6. The average molecular weight is 413 g/mol. The van der Waals surface area contributed by atoms with E-state index in [0.717, 1.165) is 35.9 Å². The summed E-state index contributed by atoms with van der Waals surface area (Å²) in [5.74, 6) is -0.537. The van der Waals surface area contributed by atoms with Crippen LogP contribution in [-0.2, 0) is 11.2 Å². The van der Waals surface area contributed by atoms with Crippen LogP contribution in [0.15, 0.2) is 54.1 Å². The van der Waals surface area contributed by atoms with E-state index in [4.69, 9.17) is 4.74 Å². The van der Waals surface area contributed by atoms with Gasteiger partial charge in [0.1, 0.15) is 0 Å². The smallest absolute Gasteiger partial charge is 0.228 e. The number of carbonyl (C=O) groups excluding carboxylic acids is 1. The third kappa shape index (κ3) is 6.12. The van der Waals surface area contributed by atoms with Crippen LogP contribution in [0.1, 0.15) is 38.2 Å². The number of unbranched alkanes of at least 4 members (excludes halogenated alkanes) is 2. The molecule has 6 heteroatoms. The molecule has 1 N–H and O–H groups in total. The monoisotopic (exact) mass is 412 g/mol. The molecule has 0 radical (unpaired) electrons. The van der Waals surface area contributed by atoms with Crippen LogP contribution in [0.2, 0.25) is 0 Å². The highest BCUT2D eigenvalue weighted by atomic mass is 32.1. The average Bonchev–Trinajstić information content (AvgIpc) is 3.17. The standard InChI is InChI=1S/C23H25FN2O2S/c1-2-3-4-5-6-7-13-28-20-10-8-9-17(23(20)24)14-22(27)26-18-11-12-19-21(15-18)29-16-25-19/h3-4,8-12,15-16H,2,5-7,13-14H2,1H3,(H,26,27). The summed E-state index contributed by atoms with van der Waals surface area (Å²) in [5, 5.41) is 2.82. The molecule has 29 heavy (non-hydrogen) atoms. The lowest BCUT2D eigenvalue weighted by atomic mass is 10.1. The zero-order chi connectivity index (χ0) is 20.5. The molecule has 0 aliphatic carbocycles. The third-order valence-corrected chi connectivity index (χ3v) is 5.23. The lowest BCUT2D eigenvalue weighted by Crippen LogP contribution is -2.15. The molecule has 0 saturated heterocycles. The molecule has 1 aromatic heterocycles. The number of nitrogens with zero attached hydrogens (tertiary/aromatic N) is 1. The van der Waals surface area contributed by atoms with Crippen LogP contribution in [0.5, 0.6) is 5.75 Å². The minimum Gasteiger partial charge on any atom is -0.491 e. The predicted octanol–water partition coefficient (Wildman–Crippen LogP) is 6.13. The molecule has 3 aromatic rings. The second-order valence-corrected chi connectivity index (χ2v) is 7.60. The summed E-state index contributed by atoms with van der Waals surface area (Å²) in [7, 11) is 0. The summed E-state index contributed by atoms with van der Waals surface area (Å²) in [6.45, 7) is 2.57. The fourth-order valence-electron chi connectivity index (χ4n) is 2.95. The van der Waals surface area contributed by atoms with Crippen molar-refractivity contribution >= 4 is 33.1 Å². The fourth-order valence-corrected chi connectivity index (χ4v) is 3.66. The van der Waals surface area contributed by atoms with Crippen molar-refractivity contribution in [2.45, 2.75) is 39.0 Å². The molecule has 0 fully saturated rings. The Labute approximate surface area is 174 Å². The Kier molecular flexibility index (Phi) is 7.76. The van der Waals surface area contributed by atoms with Crippen LogP contribution >= 0.6 is 11.3 Å². The van der Waals surface area contributed by atoms with Crippen molar-refractivity contribution < 1.29 is 13.9 Å². The molecule has 1 heterocycles. The number of fused-ring (bicyclic) bond motifs is 1. The number of anilines is 1. The number of hydrogen-bond acceptors (Lipinski definition) is 4. The molecule has 0 atom stereocenters. The molecule has 0 aliphatic heterocycles. The maximum atomic E-state index is 14.7. The molecule has 3 rings (SSSR count). The van der Waals surface area contributed by atoms with E-state index in [2.05, 4.69) is 29.4 Å². The van der Waals surface area contributed by atoms with E-state index in [1.54, 1.807) is 29.8 Å². The SMILES string of the molecule is CCC=CCCCCOc1cccc(CC(=O)Nc2ccc3ncsc3c2)c1F. The van der Waals surface area contributed by atoms with E-state index in [9.17, 15) is 9.18 Å². The van der Waals surface area contributed by atoms with Crippen LogP contribution < -0.4 is 10.1 Å². The minimum absolute atomic E-state index is 0.0500. The number of halogens is 1. The first kappa shape index (κ1) is 21.0. The molecule has 4 nitrogen and oxygen atoms in total. The highest BCUT2D eigenvalue weighted by Gasteiger charge is 2.13. The van der Waals surface area contributed by atoms with Crippen molar-refractivity contribution in [3.8, 4) is 5.75 Å². The molecular formula is C23H25FN2O2S. The van der Waals surface area contributed by atoms with Crippen molar-refractivity contribution in [2.24, 2.45) is 0 Å². The zero-order valence-electron chi connectivity index (χ0n) is 16.5. The lowest BCUT2D eigenvalue weighted by Gasteiger charge is -2.10. The molecule has 152 valence electrons. The third-order valence-electron chi connectivity index (χ3n) is 4.43. The van der Waals surface area contributed by atoms with E-state index in [-0.39, 0.29) is 18.1 Å². The number of rotatable bonds is 10. The number of nitrogens with one attached hydrogen (secondary N) is 1. The summed E-state index contributed by atoms with van der Waals surface area (Å²) in [5.41, 5.74) is 3.66. The first-order chi connectivity index (χ1) is 14.2. The van der Waals surface area contributed by atoms with Gasteiger partial charge in [0.15, 0.2) is 11.6 Å². The van der Waals surface area contributed by atoms with Gasteiger partial charge < -0.3 is 10.1 Å². The minimum atomic E-state index is -0.466. The second-order valence-electron chi connectivity index (χ2n) is 6.71. The van der Waals surface area contributed by atoms with Crippen molar-refractivity contribution in [1.29, 1.82) is 0 Å². The Hall–Kier alpha value is -2.73. The molecule has 2 aromatic carbocycles. The largest absolute Gasteiger partial charge is 0.491 e. The Bertz CT molecular complexity index is 984. The van der Waals surface area contributed by atoms with E-state index in [1.165, 1.54) is 11.3 Å². The van der Waals surface area contributed by atoms with Crippen LogP contribution in [0.3, 0.4) is 0 Å². The summed E-state index contributed by atoms with van der Waals surface area (Å²) < 4.78 is 21.3. The number of thiazole rings is 1. The van der Waals surface area contributed by atoms with E-state index in [0.29, 0.717) is 17.9 Å². The summed E-state index contributed by atoms with van der Waals surface area (Å²) >= 11 is 1.51. The number of hydrogen-bond donors (Lipinski definition) is 1. The van der Waals surface area contributed by atoms with E-state index in [1.807, 2.05) is 12.1 Å². The number of benzene rings is 2. The van der Waals surface area contributed by atoms with Gasteiger partial charge in [0.25, 0.3) is 0 Å². The van der Waals surface area contributed by atoms with Gasteiger partial charge in [-0.2, -0.15) is 0 Å². The van der Waals surface area contributed by atoms with Crippen molar-refractivity contribution in [3.63, 3.8) is 0 Å². The number of amides is 1. The molecule has 0 unspecified atom stereocenters. The predicted molar refractivity (Wildman–Crippen MR) is 117 cm³/mol. The van der Waals surface area contributed by atoms with Crippen molar-refractivity contribution in [3.05, 3.63) is 65.4 Å². The van der Waals surface area contributed by atoms with Crippen LogP contribution in [-0.4, -0.2) is 17.5 Å². The van der Waals surface area contributed by atoms with Gasteiger partial charge in [-0.3, -0.25) is 4.79 Å².